The molecule has 0 saturated carbocycles. The van der Waals surface area contributed by atoms with Gasteiger partial charge in [0.2, 0.25) is 5.91 Å². The molecule has 0 fully saturated rings. The number of pyridine rings is 1. The minimum absolute atomic E-state index is 0.0605. The van der Waals surface area contributed by atoms with E-state index in [9.17, 15) is 4.79 Å². The number of anilines is 1. The molecular formula is C19H21N5OS. The summed E-state index contributed by atoms with van der Waals surface area (Å²) >= 11 is 1.38. The second kappa shape index (κ2) is 7.70. The van der Waals surface area contributed by atoms with Gasteiger partial charge < -0.3 is 9.88 Å². The van der Waals surface area contributed by atoms with Crippen molar-refractivity contribution in [1.82, 2.24) is 19.7 Å². The first-order valence-corrected chi connectivity index (χ1v) is 9.18. The molecule has 3 aromatic rings. The lowest BCUT2D eigenvalue weighted by Crippen LogP contribution is -2.23. The van der Waals surface area contributed by atoms with E-state index in [-0.39, 0.29) is 11.2 Å². The highest BCUT2D eigenvalue weighted by Gasteiger charge is 2.20. The quantitative estimate of drug-likeness (QED) is 0.698. The molecule has 2 heterocycles. The topological polar surface area (TPSA) is 72.7 Å². The highest BCUT2D eigenvalue weighted by Crippen LogP contribution is 2.26. The Balaban J connectivity index is 1.72. The van der Waals surface area contributed by atoms with Crippen molar-refractivity contribution in [2.75, 3.05) is 5.32 Å². The van der Waals surface area contributed by atoms with Gasteiger partial charge in [0.25, 0.3) is 0 Å². The molecule has 26 heavy (non-hydrogen) atoms. The third-order valence-corrected chi connectivity index (χ3v) is 5.19. The summed E-state index contributed by atoms with van der Waals surface area (Å²) in [6, 6.07) is 9.81. The maximum Gasteiger partial charge on any atom is 0.237 e. The van der Waals surface area contributed by atoms with Crippen molar-refractivity contribution < 1.29 is 4.79 Å². The van der Waals surface area contributed by atoms with Crippen LogP contribution < -0.4 is 5.32 Å². The van der Waals surface area contributed by atoms with Crippen molar-refractivity contribution in [3.05, 3.63) is 53.9 Å². The predicted molar refractivity (Wildman–Crippen MR) is 104 cm³/mol. The van der Waals surface area contributed by atoms with Crippen LogP contribution in [-0.4, -0.2) is 30.9 Å². The number of rotatable bonds is 5. The largest absolute Gasteiger partial charge is 0.325 e. The number of carbonyl (C=O) groups excluding carboxylic acids is 1. The van der Waals surface area contributed by atoms with Crippen LogP contribution in [0.4, 0.5) is 5.69 Å². The second-order valence-corrected chi connectivity index (χ2v) is 7.48. The fraction of sp³-hybridized carbons (Fsp3) is 0.263. The van der Waals surface area contributed by atoms with Crippen LogP contribution in [0.2, 0.25) is 0 Å². The van der Waals surface area contributed by atoms with E-state index in [1.54, 1.807) is 12.4 Å². The highest BCUT2D eigenvalue weighted by molar-refractivity contribution is 8.00. The van der Waals surface area contributed by atoms with E-state index in [1.165, 1.54) is 11.8 Å². The average Bonchev–Trinajstić information content (AvgIpc) is 2.99. The number of aromatic nitrogens is 4. The van der Waals surface area contributed by atoms with Gasteiger partial charge in [-0.3, -0.25) is 9.78 Å². The minimum atomic E-state index is -0.306. The molecule has 0 aliphatic rings. The molecule has 1 atom stereocenters. The molecule has 6 nitrogen and oxygen atoms in total. The van der Waals surface area contributed by atoms with Gasteiger partial charge in [-0.15, -0.1) is 10.2 Å². The van der Waals surface area contributed by atoms with Gasteiger partial charge in [-0.25, -0.2) is 0 Å². The molecular weight excluding hydrogens is 346 g/mol. The van der Waals surface area contributed by atoms with Gasteiger partial charge in [-0.2, -0.15) is 0 Å². The van der Waals surface area contributed by atoms with Crippen LogP contribution in [0.1, 0.15) is 18.1 Å². The number of hydrogen-bond acceptors (Lipinski definition) is 5. The summed E-state index contributed by atoms with van der Waals surface area (Å²) in [5.41, 5.74) is 3.89. The smallest absolute Gasteiger partial charge is 0.237 e. The van der Waals surface area contributed by atoms with E-state index < -0.39 is 0 Å². The Morgan fingerprint density at radius 3 is 2.77 bits per heavy atom. The normalized spacial score (nSPS) is 12.0. The maximum absolute atomic E-state index is 12.6. The summed E-state index contributed by atoms with van der Waals surface area (Å²) < 4.78 is 1.88. The van der Waals surface area contributed by atoms with E-state index in [4.69, 9.17) is 0 Å². The maximum atomic E-state index is 12.6. The summed E-state index contributed by atoms with van der Waals surface area (Å²) in [4.78, 5) is 16.7. The van der Waals surface area contributed by atoms with Gasteiger partial charge in [0.1, 0.15) is 0 Å². The first-order chi connectivity index (χ1) is 12.5. The molecule has 1 aromatic carbocycles. The third kappa shape index (κ3) is 3.94. The number of nitrogens with zero attached hydrogens (tertiary/aromatic N) is 4. The fourth-order valence-corrected chi connectivity index (χ4v) is 3.30. The van der Waals surface area contributed by atoms with Crippen molar-refractivity contribution in [2.24, 2.45) is 7.05 Å². The van der Waals surface area contributed by atoms with Gasteiger partial charge in [-0.1, -0.05) is 23.9 Å². The Morgan fingerprint density at radius 1 is 1.23 bits per heavy atom. The van der Waals surface area contributed by atoms with Gasteiger partial charge in [0.15, 0.2) is 11.0 Å². The minimum Gasteiger partial charge on any atom is -0.325 e. The number of carbonyl (C=O) groups is 1. The van der Waals surface area contributed by atoms with Crippen molar-refractivity contribution in [1.29, 1.82) is 0 Å². The molecule has 0 spiro atoms. The van der Waals surface area contributed by atoms with Crippen molar-refractivity contribution in [3.8, 4) is 11.4 Å². The molecule has 2 aromatic heterocycles. The fourth-order valence-electron chi connectivity index (χ4n) is 2.48. The second-order valence-electron chi connectivity index (χ2n) is 6.17. The van der Waals surface area contributed by atoms with Gasteiger partial charge >= 0.3 is 0 Å². The van der Waals surface area contributed by atoms with E-state index in [0.29, 0.717) is 5.16 Å². The van der Waals surface area contributed by atoms with Gasteiger partial charge in [0, 0.05) is 30.7 Å². The summed E-state index contributed by atoms with van der Waals surface area (Å²) in [5, 5.41) is 11.8. The lowest BCUT2D eigenvalue weighted by atomic mass is 10.1. The first kappa shape index (κ1) is 18.1. The van der Waals surface area contributed by atoms with Crippen molar-refractivity contribution in [2.45, 2.75) is 31.2 Å². The van der Waals surface area contributed by atoms with Crippen LogP contribution in [0.15, 0.2) is 47.9 Å². The zero-order chi connectivity index (χ0) is 18.7. The summed E-state index contributed by atoms with van der Waals surface area (Å²) in [6.07, 6.45) is 3.46. The number of hydrogen-bond donors (Lipinski definition) is 1. The van der Waals surface area contributed by atoms with E-state index in [1.807, 2.05) is 62.7 Å². The monoisotopic (exact) mass is 367 g/mol. The molecule has 1 unspecified atom stereocenters. The van der Waals surface area contributed by atoms with Gasteiger partial charge in [0.05, 0.1) is 5.25 Å². The molecule has 0 aliphatic carbocycles. The van der Waals surface area contributed by atoms with Crippen LogP contribution in [0.5, 0.6) is 0 Å². The molecule has 1 N–H and O–H groups in total. The average molecular weight is 367 g/mol. The number of amides is 1. The third-order valence-electron chi connectivity index (χ3n) is 4.06. The first-order valence-electron chi connectivity index (χ1n) is 8.30. The van der Waals surface area contributed by atoms with Crippen LogP contribution in [0.25, 0.3) is 11.4 Å². The summed E-state index contributed by atoms with van der Waals surface area (Å²) in [7, 11) is 1.89. The molecule has 3 rings (SSSR count). The number of nitrogens with one attached hydrogen (secondary N) is 1. The zero-order valence-corrected chi connectivity index (χ0v) is 16.0. The zero-order valence-electron chi connectivity index (χ0n) is 15.2. The highest BCUT2D eigenvalue weighted by atomic mass is 32.2. The molecule has 1 amide bonds. The van der Waals surface area contributed by atoms with Crippen LogP contribution >= 0.6 is 11.8 Å². The van der Waals surface area contributed by atoms with Crippen LogP contribution in [0, 0.1) is 13.8 Å². The van der Waals surface area contributed by atoms with Crippen LogP contribution in [-0.2, 0) is 11.8 Å². The lowest BCUT2D eigenvalue weighted by Gasteiger charge is -2.13. The molecule has 134 valence electrons. The van der Waals surface area contributed by atoms with E-state index in [2.05, 4.69) is 20.5 Å². The molecule has 0 radical (unpaired) electrons. The van der Waals surface area contributed by atoms with E-state index >= 15 is 0 Å². The Bertz CT molecular complexity index is 923. The molecule has 7 heteroatoms. The molecule has 0 aliphatic heterocycles. The molecule has 0 bridgehead atoms. The van der Waals surface area contributed by atoms with Crippen LogP contribution in [0.3, 0.4) is 0 Å². The Kier molecular flexibility index (Phi) is 5.37. The SMILES string of the molecule is Cc1ccc(C)c(NC(=O)C(C)Sc2nnc(-c3cccnc3)n2C)c1. The Hall–Kier alpha value is -2.67. The van der Waals surface area contributed by atoms with E-state index in [0.717, 1.165) is 28.2 Å². The van der Waals surface area contributed by atoms with Gasteiger partial charge in [-0.05, 0) is 50.1 Å². The lowest BCUT2D eigenvalue weighted by molar-refractivity contribution is -0.115. The van der Waals surface area contributed by atoms with Crippen molar-refractivity contribution >= 4 is 23.4 Å². The summed E-state index contributed by atoms with van der Waals surface area (Å²) in [6.45, 7) is 5.85. The predicted octanol–water partition coefficient (Wildman–Crippen LogP) is 3.61. The number of thioether (sulfide) groups is 1. The summed E-state index contributed by atoms with van der Waals surface area (Å²) in [5.74, 6) is 0.664. The number of benzene rings is 1. The Morgan fingerprint density at radius 2 is 2.04 bits per heavy atom. The number of aryl methyl sites for hydroxylation is 2. The van der Waals surface area contributed by atoms with Crippen molar-refractivity contribution in [3.63, 3.8) is 0 Å². The standard InChI is InChI=1S/C19H21N5OS/c1-12-7-8-13(2)16(10-12)21-18(25)14(3)26-19-23-22-17(24(19)4)15-6-5-9-20-11-15/h5-11,14H,1-4H3,(H,21,25). The molecule has 0 saturated heterocycles. The Labute approximate surface area is 157 Å².